The van der Waals surface area contributed by atoms with Crippen LogP contribution in [0.25, 0.3) is 0 Å². The predicted octanol–water partition coefficient (Wildman–Crippen LogP) is 3.20. The molecule has 1 aromatic carbocycles. The average Bonchev–Trinajstić information content (AvgIpc) is 2.75. The number of nitrogens with one attached hydrogen (secondary N) is 4. The number of hydrogen-bond acceptors (Lipinski definition) is 3. The Morgan fingerprint density at radius 1 is 0.933 bits per heavy atom. The second kappa shape index (κ2) is 9.36. The Bertz CT molecular complexity index is 798. The summed E-state index contributed by atoms with van der Waals surface area (Å²) < 4.78 is 0. The fourth-order valence-corrected chi connectivity index (χ4v) is 4.55. The summed E-state index contributed by atoms with van der Waals surface area (Å²) in [7, 11) is 0. The average molecular weight is 414 g/mol. The quantitative estimate of drug-likeness (QED) is 0.612. The number of fused-ring (bicyclic) bond motifs is 1. The summed E-state index contributed by atoms with van der Waals surface area (Å²) in [4.78, 5) is 38.1. The van der Waals surface area contributed by atoms with Crippen molar-refractivity contribution >= 4 is 29.3 Å². The van der Waals surface area contributed by atoms with Gasteiger partial charge in [-0.2, -0.15) is 0 Å². The standard InChI is InChI=1S/C22H31N5O3/c28-20-9-6-15-14-18(7-8-19(15)26-20)25-22(30)27-12-10-17(11-13-27)24-21(29)23-16-4-2-1-3-5-16/h7-8,14,16-17H,1-6,9-13H2,(H,25,30)(H,26,28)(H2,23,24,29). The van der Waals surface area contributed by atoms with Crippen LogP contribution in [0, 0.1) is 0 Å². The van der Waals surface area contributed by atoms with Gasteiger partial charge in [-0.1, -0.05) is 19.3 Å². The SMILES string of the molecule is O=C1CCc2cc(NC(=O)N3CCC(NC(=O)NC4CCCCC4)CC3)ccc2N1. The molecule has 8 heteroatoms. The smallest absolute Gasteiger partial charge is 0.321 e. The lowest BCUT2D eigenvalue weighted by Gasteiger charge is -2.33. The topological polar surface area (TPSA) is 103 Å². The summed E-state index contributed by atoms with van der Waals surface area (Å²) in [5, 5.41) is 12.0. The zero-order valence-corrected chi connectivity index (χ0v) is 17.3. The lowest BCUT2D eigenvalue weighted by atomic mass is 9.96. The third-order valence-electron chi connectivity index (χ3n) is 6.31. The number of aryl methyl sites for hydroxylation is 1. The van der Waals surface area contributed by atoms with E-state index in [0.717, 1.165) is 42.6 Å². The normalized spacial score (nSPS) is 20.1. The number of urea groups is 2. The molecule has 1 saturated heterocycles. The zero-order valence-electron chi connectivity index (χ0n) is 17.3. The van der Waals surface area contributed by atoms with Crippen LogP contribution in [-0.4, -0.2) is 48.0 Å². The largest absolute Gasteiger partial charge is 0.335 e. The van der Waals surface area contributed by atoms with Gasteiger partial charge in [0.25, 0.3) is 0 Å². The maximum Gasteiger partial charge on any atom is 0.321 e. The van der Waals surface area contributed by atoms with E-state index in [1.165, 1.54) is 19.3 Å². The van der Waals surface area contributed by atoms with Crippen molar-refractivity contribution in [3.63, 3.8) is 0 Å². The molecule has 2 aliphatic heterocycles. The van der Waals surface area contributed by atoms with Gasteiger partial charge in [-0.05, 0) is 55.9 Å². The molecule has 0 atom stereocenters. The molecule has 5 amide bonds. The van der Waals surface area contributed by atoms with Gasteiger partial charge in [0.1, 0.15) is 0 Å². The van der Waals surface area contributed by atoms with Crippen LogP contribution >= 0.6 is 0 Å². The number of hydrogen-bond donors (Lipinski definition) is 4. The maximum atomic E-state index is 12.6. The number of carbonyl (C=O) groups excluding carboxylic acids is 3. The predicted molar refractivity (Wildman–Crippen MR) is 116 cm³/mol. The Kier molecular flexibility index (Phi) is 6.40. The molecule has 3 aliphatic rings. The molecule has 0 radical (unpaired) electrons. The number of likely N-dealkylation sites (tertiary alicyclic amines) is 1. The van der Waals surface area contributed by atoms with Crippen LogP contribution < -0.4 is 21.3 Å². The first-order valence-electron chi connectivity index (χ1n) is 11.1. The van der Waals surface area contributed by atoms with Crippen LogP contribution in [0.15, 0.2) is 18.2 Å². The summed E-state index contributed by atoms with van der Waals surface area (Å²) in [6.07, 6.45) is 8.45. The molecular formula is C22H31N5O3. The van der Waals surface area contributed by atoms with Crippen molar-refractivity contribution in [1.29, 1.82) is 0 Å². The van der Waals surface area contributed by atoms with E-state index >= 15 is 0 Å². The number of rotatable bonds is 3. The first-order valence-corrected chi connectivity index (χ1v) is 11.1. The summed E-state index contributed by atoms with van der Waals surface area (Å²) in [5.41, 5.74) is 2.60. The Balaban J connectivity index is 1.21. The maximum absolute atomic E-state index is 12.6. The first kappa shape index (κ1) is 20.5. The minimum atomic E-state index is -0.125. The van der Waals surface area contributed by atoms with Crippen molar-refractivity contribution in [2.75, 3.05) is 23.7 Å². The molecule has 0 aromatic heterocycles. The van der Waals surface area contributed by atoms with E-state index in [1.807, 2.05) is 18.2 Å². The number of piperidine rings is 1. The Labute approximate surface area is 177 Å². The Morgan fingerprint density at radius 2 is 1.63 bits per heavy atom. The third kappa shape index (κ3) is 5.23. The molecule has 2 heterocycles. The van der Waals surface area contributed by atoms with E-state index in [9.17, 15) is 14.4 Å². The molecule has 1 saturated carbocycles. The first-order chi connectivity index (χ1) is 14.6. The Morgan fingerprint density at radius 3 is 2.37 bits per heavy atom. The summed E-state index contributed by atoms with van der Waals surface area (Å²) >= 11 is 0. The van der Waals surface area contributed by atoms with Crippen LogP contribution in [0.2, 0.25) is 0 Å². The molecule has 2 fully saturated rings. The number of benzene rings is 1. The molecule has 0 bridgehead atoms. The number of anilines is 2. The van der Waals surface area contributed by atoms with Gasteiger partial charge in [0.15, 0.2) is 0 Å². The second-order valence-electron chi connectivity index (χ2n) is 8.56. The molecule has 8 nitrogen and oxygen atoms in total. The van der Waals surface area contributed by atoms with Crippen molar-refractivity contribution in [3.8, 4) is 0 Å². The minimum Gasteiger partial charge on any atom is -0.335 e. The van der Waals surface area contributed by atoms with Crippen LogP contribution in [0.1, 0.15) is 56.9 Å². The molecule has 0 unspecified atom stereocenters. The molecule has 1 aromatic rings. The molecule has 162 valence electrons. The van der Waals surface area contributed by atoms with Gasteiger partial charge in [0, 0.05) is 43.0 Å². The van der Waals surface area contributed by atoms with Gasteiger partial charge in [0.05, 0.1) is 0 Å². The Hall–Kier alpha value is -2.77. The third-order valence-corrected chi connectivity index (χ3v) is 6.31. The molecule has 30 heavy (non-hydrogen) atoms. The molecule has 1 aliphatic carbocycles. The monoisotopic (exact) mass is 413 g/mol. The lowest BCUT2D eigenvalue weighted by molar-refractivity contribution is -0.116. The molecule has 4 N–H and O–H groups in total. The van der Waals surface area contributed by atoms with Crippen molar-refractivity contribution in [2.24, 2.45) is 0 Å². The highest BCUT2D eigenvalue weighted by molar-refractivity contribution is 5.95. The van der Waals surface area contributed by atoms with Crippen molar-refractivity contribution in [2.45, 2.75) is 69.9 Å². The van der Waals surface area contributed by atoms with E-state index < -0.39 is 0 Å². The fourth-order valence-electron chi connectivity index (χ4n) is 4.55. The van der Waals surface area contributed by atoms with E-state index in [0.29, 0.717) is 32.0 Å². The number of nitrogens with zero attached hydrogens (tertiary/aromatic N) is 1. The summed E-state index contributed by atoms with van der Waals surface area (Å²) in [5.74, 6) is 0.0307. The highest BCUT2D eigenvalue weighted by Gasteiger charge is 2.25. The van der Waals surface area contributed by atoms with Gasteiger partial charge in [-0.25, -0.2) is 9.59 Å². The van der Waals surface area contributed by atoms with Crippen molar-refractivity contribution in [1.82, 2.24) is 15.5 Å². The van der Waals surface area contributed by atoms with Crippen LogP contribution in [0.4, 0.5) is 21.0 Å². The lowest BCUT2D eigenvalue weighted by Crippen LogP contribution is -2.51. The number of amides is 5. The van der Waals surface area contributed by atoms with Gasteiger partial charge >= 0.3 is 12.1 Å². The summed E-state index contributed by atoms with van der Waals surface area (Å²) in [6.45, 7) is 1.22. The van der Waals surface area contributed by atoms with Crippen LogP contribution in [-0.2, 0) is 11.2 Å². The second-order valence-corrected chi connectivity index (χ2v) is 8.56. The van der Waals surface area contributed by atoms with Crippen molar-refractivity contribution < 1.29 is 14.4 Å². The molecular weight excluding hydrogens is 382 g/mol. The summed E-state index contributed by atoms with van der Waals surface area (Å²) in [6, 6.07) is 5.77. The number of carbonyl (C=O) groups is 3. The van der Waals surface area contributed by atoms with E-state index in [1.54, 1.807) is 4.90 Å². The van der Waals surface area contributed by atoms with E-state index in [4.69, 9.17) is 0 Å². The van der Waals surface area contributed by atoms with Gasteiger partial charge in [0.2, 0.25) is 5.91 Å². The van der Waals surface area contributed by atoms with Gasteiger partial charge in [-0.3, -0.25) is 4.79 Å². The van der Waals surface area contributed by atoms with Crippen LogP contribution in [0.3, 0.4) is 0 Å². The van der Waals surface area contributed by atoms with Gasteiger partial charge in [-0.15, -0.1) is 0 Å². The van der Waals surface area contributed by atoms with Gasteiger partial charge < -0.3 is 26.2 Å². The highest BCUT2D eigenvalue weighted by atomic mass is 16.2. The minimum absolute atomic E-state index is 0.0307. The van der Waals surface area contributed by atoms with E-state index in [2.05, 4.69) is 21.3 Å². The fraction of sp³-hybridized carbons (Fsp3) is 0.591. The van der Waals surface area contributed by atoms with E-state index in [-0.39, 0.29) is 24.0 Å². The highest BCUT2D eigenvalue weighted by Crippen LogP contribution is 2.26. The zero-order chi connectivity index (χ0) is 20.9. The van der Waals surface area contributed by atoms with Crippen molar-refractivity contribution in [3.05, 3.63) is 23.8 Å². The molecule has 0 spiro atoms. The molecule has 4 rings (SSSR count). The van der Waals surface area contributed by atoms with Crippen LogP contribution in [0.5, 0.6) is 0 Å².